The predicted octanol–water partition coefficient (Wildman–Crippen LogP) is 3.51. The number of benzene rings is 2. The van der Waals surface area contributed by atoms with Crippen LogP contribution in [0.25, 0.3) is 10.2 Å². The van der Waals surface area contributed by atoms with Crippen molar-refractivity contribution < 1.29 is 26.7 Å². The van der Waals surface area contributed by atoms with Crippen LogP contribution in [-0.2, 0) is 10.0 Å². The van der Waals surface area contributed by atoms with E-state index in [0.29, 0.717) is 36.2 Å². The molecule has 1 amide bonds. The van der Waals surface area contributed by atoms with Gasteiger partial charge in [-0.2, -0.15) is 4.98 Å². The van der Waals surface area contributed by atoms with Crippen LogP contribution in [0.4, 0.5) is 8.78 Å². The smallest absolute Gasteiger partial charge is 0.274 e. The summed E-state index contributed by atoms with van der Waals surface area (Å²) >= 11 is 1.08. The van der Waals surface area contributed by atoms with Crippen molar-refractivity contribution in [2.45, 2.75) is 23.8 Å². The third-order valence-corrected chi connectivity index (χ3v) is 7.99. The summed E-state index contributed by atoms with van der Waals surface area (Å²) in [5.41, 5.74) is 0.490. The van der Waals surface area contributed by atoms with Crippen LogP contribution < -0.4 is 4.74 Å². The maximum atomic E-state index is 13.8. The monoisotopic (exact) mass is 481 g/mol. The zero-order chi connectivity index (χ0) is 23.0. The molecule has 0 bridgehead atoms. The van der Waals surface area contributed by atoms with Crippen LogP contribution >= 0.6 is 11.3 Å². The molecule has 0 spiro atoms. The molecule has 0 saturated carbocycles. The number of likely N-dealkylation sites (tertiary alicyclic amines) is 1. The van der Waals surface area contributed by atoms with Gasteiger partial charge in [0.15, 0.2) is 5.82 Å². The van der Waals surface area contributed by atoms with Crippen LogP contribution in [0.15, 0.2) is 41.3 Å². The summed E-state index contributed by atoms with van der Waals surface area (Å²) in [6.07, 6.45) is 0.928. The molecule has 1 fully saturated rings. The van der Waals surface area contributed by atoms with Gasteiger partial charge in [-0.1, -0.05) is 11.3 Å². The highest BCUT2D eigenvalue weighted by molar-refractivity contribution is 7.89. The molecule has 3 aromatic rings. The molecule has 2 aromatic carbocycles. The van der Waals surface area contributed by atoms with Gasteiger partial charge >= 0.3 is 0 Å². The predicted molar refractivity (Wildman–Crippen MR) is 116 cm³/mol. The number of hydrogen-bond acceptors (Lipinski definition) is 6. The fraction of sp³-hybridized carbons (Fsp3) is 0.333. The molecule has 7 nitrogen and oxygen atoms in total. The number of hydrogen-bond donors (Lipinski definition) is 0. The summed E-state index contributed by atoms with van der Waals surface area (Å²) < 4.78 is 58.9. The van der Waals surface area contributed by atoms with E-state index in [0.717, 1.165) is 21.7 Å². The molecule has 170 valence electrons. The van der Waals surface area contributed by atoms with Crippen molar-refractivity contribution in [2.24, 2.45) is 0 Å². The van der Waals surface area contributed by atoms with Crippen molar-refractivity contribution in [1.82, 2.24) is 14.2 Å². The third kappa shape index (κ3) is 4.45. The number of rotatable bonds is 5. The average molecular weight is 482 g/mol. The van der Waals surface area contributed by atoms with Gasteiger partial charge in [0.1, 0.15) is 17.4 Å². The molecule has 32 heavy (non-hydrogen) atoms. The first kappa shape index (κ1) is 22.6. The summed E-state index contributed by atoms with van der Waals surface area (Å²) in [5.74, 6) is -1.57. The topological polar surface area (TPSA) is 79.8 Å². The molecule has 1 aromatic heterocycles. The molecular weight excluding hydrogens is 460 g/mol. The number of fused-ring (bicyclic) bond motifs is 1. The van der Waals surface area contributed by atoms with Crippen molar-refractivity contribution >= 4 is 37.5 Å². The Bertz CT molecular complexity index is 1250. The van der Waals surface area contributed by atoms with Gasteiger partial charge in [0.2, 0.25) is 10.0 Å². The zero-order valence-corrected chi connectivity index (χ0v) is 19.0. The molecule has 0 aliphatic carbocycles. The Labute approximate surface area is 188 Å². The average Bonchev–Trinajstić information content (AvgIpc) is 3.16. The normalized spacial score (nSPS) is 15.5. The first-order valence-electron chi connectivity index (χ1n) is 9.89. The van der Waals surface area contributed by atoms with E-state index >= 15 is 0 Å². The lowest BCUT2D eigenvalue weighted by Gasteiger charge is -2.31. The number of carbonyl (C=O) groups excluding carboxylic acids is 1. The van der Waals surface area contributed by atoms with Crippen LogP contribution in [0, 0.1) is 11.6 Å². The van der Waals surface area contributed by atoms with Gasteiger partial charge in [-0.25, -0.2) is 21.5 Å². The fourth-order valence-corrected chi connectivity index (χ4v) is 5.29. The van der Waals surface area contributed by atoms with Gasteiger partial charge in [0.25, 0.3) is 11.1 Å². The summed E-state index contributed by atoms with van der Waals surface area (Å²) in [7, 11) is -0.657. The van der Waals surface area contributed by atoms with Crippen LogP contribution in [0.1, 0.15) is 23.2 Å². The van der Waals surface area contributed by atoms with E-state index in [1.54, 1.807) is 4.90 Å². The lowest BCUT2D eigenvalue weighted by molar-refractivity contribution is 0.0595. The Morgan fingerprint density at radius 1 is 1.16 bits per heavy atom. The van der Waals surface area contributed by atoms with Crippen molar-refractivity contribution in [1.29, 1.82) is 0 Å². The van der Waals surface area contributed by atoms with E-state index in [1.165, 1.54) is 44.4 Å². The van der Waals surface area contributed by atoms with E-state index in [-0.39, 0.29) is 27.6 Å². The van der Waals surface area contributed by atoms with E-state index < -0.39 is 21.7 Å². The van der Waals surface area contributed by atoms with Crippen molar-refractivity contribution in [3.8, 4) is 5.19 Å². The minimum absolute atomic E-state index is 0.0822. The fourth-order valence-electron chi connectivity index (χ4n) is 3.47. The molecule has 2 heterocycles. The number of halogens is 2. The number of ether oxygens (including phenoxy) is 1. The SMILES string of the molecule is CN(C)S(=O)(=O)c1ccc(C(=O)N2CCC(Oc3nc4c(F)cc(F)cc4s3)CC2)cc1. The minimum Gasteiger partial charge on any atom is -0.467 e. The van der Waals surface area contributed by atoms with Crippen LogP contribution in [0.5, 0.6) is 5.19 Å². The maximum absolute atomic E-state index is 13.8. The lowest BCUT2D eigenvalue weighted by atomic mass is 10.1. The number of nitrogens with zero attached hydrogens (tertiary/aromatic N) is 3. The van der Waals surface area contributed by atoms with Crippen LogP contribution in [-0.4, -0.2) is 61.8 Å². The Hall–Kier alpha value is -2.63. The van der Waals surface area contributed by atoms with Gasteiger partial charge in [0.05, 0.1) is 9.60 Å². The van der Waals surface area contributed by atoms with Crippen molar-refractivity contribution in [3.05, 3.63) is 53.6 Å². The second kappa shape index (κ2) is 8.72. The molecule has 0 radical (unpaired) electrons. The molecule has 1 saturated heterocycles. The molecule has 1 aliphatic rings. The molecule has 11 heteroatoms. The number of carbonyl (C=O) groups is 1. The van der Waals surface area contributed by atoms with Crippen LogP contribution in [0.3, 0.4) is 0 Å². The second-order valence-electron chi connectivity index (χ2n) is 7.64. The highest BCUT2D eigenvalue weighted by Crippen LogP contribution is 2.32. The van der Waals surface area contributed by atoms with Crippen molar-refractivity contribution in [3.63, 3.8) is 0 Å². The number of aromatic nitrogens is 1. The number of thiazole rings is 1. The first-order valence-corrected chi connectivity index (χ1v) is 12.1. The molecule has 4 rings (SSSR count). The Morgan fingerprint density at radius 3 is 2.44 bits per heavy atom. The zero-order valence-electron chi connectivity index (χ0n) is 17.4. The van der Waals surface area contributed by atoms with Gasteiger partial charge in [-0.15, -0.1) is 0 Å². The number of sulfonamides is 1. The van der Waals surface area contributed by atoms with E-state index in [1.807, 2.05) is 0 Å². The Balaban J connectivity index is 1.37. The van der Waals surface area contributed by atoms with Crippen LogP contribution in [0.2, 0.25) is 0 Å². The van der Waals surface area contributed by atoms with E-state index in [9.17, 15) is 22.0 Å². The van der Waals surface area contributed by atoms with Gasteiger partial charge in [-0.3, -0.25) is 4.79 Å². The van der Waals surface area contributed by atoms with E-state index in [4.69, 9.17) is 4.74 Å². The van der Waals surface area contributed by atoms with Gasteiger partial charge in [0, 0.05) is 51.7 Å². The van der Waals surface area contributed by atoms with Gasteiger partial charge in [-0.05, 0) is 30.3 Å². The second-order valence-corrected chi connectivity index (χ2v) is 10.8. The van der Waals surface area contributed by atoms with E-state index in [2.05, 4.69) is 4.98 Å². The number of amides is 1. The summed E-state index contributed by atoms with van der Waals surface area (Å²) in [6.45, 7) is 0.907. The molecule has 0 unspecified atom stereocenters. The highest BCUT2D eigenvalue weighted by atomic mass is 32.2. The first-order chi connectivity index (χ1) is 15.1. The summed E-state index contributed by atoms with van der Waals surface area (Å²) in [6, 6.07) is 7.88. The quantitative estimate of drug-likeness (QED) is 0.557. The molecule has 0 N–H and O–H groups in total. The largest absolute Gasteiger partial charge is 0.467 e. The standard InChI is InChI=1S/C21H21F2N3O4S2/c1-25(2)32(28,29)16-5-3-13(4-6-16)20(27)26-9-7-15(8-10-26)30-21-24-19-17(23)11-14(22)12-18(19)31-21/h3-6,11-12,15H,7-10H2,1-2H3. The summed E-state index contributed by atoms with van der Waals surface area (Å²) in [4.78, 5) is 18.7. The lowest BCUT2D eigenvalue weighted by Crippen LogP contribution is -2.41. The van der Waals surface area contributed by atoms with Crippen molar-refractivity contribution in [2.75, 3.05) is 27.2 Å². The maximum Gasteiger partial charge on any atom is 0.274 e. The molecular formula is C21H21F2N3O4S2. The highest BCUT2D eigenvalue weighted by Gasteiger charge is 2.26. The minimum atomic E-state index is -3.55. The van der Waals surface area contributed by atoms with Gasteiger partial charge < -0.3 is 9.64 Å². The molecule has 0 atom stereocenters. The number of piperidine rings is 1. The Kier molecular flexibility index (Phi) is 6.15. The summed E-state index contributed by atoms with van der Waals surface area (Å²) in [5, 5.41) is 0.270. The molecule has 1 aliphatic heterocycles. The Morgan fingerprint density at radius 2 is 1.81 bits per heavy atom. The third-order valence-electron chi connectivity index (χ3n) is 5.27.